The summed E-state index contributed by atoms with van der Waals surface area (Å²) >= 11 is 6.03. The van der Waals surface area contributed by atoms with Crippen molar-refractivity contribution in [2.24, 2.45) is 0 Å². The summed E-state index contributed by atoms with van der Waals surface area (Å²) < 4.78 is 62.9. The third-order valence-corrected chi connectivity index (χ3v) is 5.13. The predicted octanol–water partition coefficient (Wildman–Crippen LogP) is 6.33. The quantitative estimate of drug-likeness (QED) is 0.424. The van der Waals surface area contributed by atoms with Gasteiger partial charge in [0.2, 0.25) is 0 Å². The smallest absolute Gasteiger partial charge is 0.308 e. The van der Waals surface area contributed by atoms with Gasteiger partial charge in [-0.2, -0.15) is 8.78 Å². The zero-order chi connectivity index (χ0) is 22.8. The largest absolute Gasteiger partial charge is 0.469 e. The van der Waals surface area contributed by atoms with Crippen molar-refractivity contribution in [3.05, 3.63) is 76.5 Å². The second-order valence-electron chi connectivity index (χ2n) is 6.94. The number of nitrogens with one attached hydrogen (secondary N) is 1. The third-order valence-electron chi connectivity index (χ3n) is 4.84. The van der Waals surface area contributed by atoms with Crippen LogP contribution in [0.1, 0.15) is 40.7 Å². The average Bonchev–Trinajstić information content (AvgIpc) is 3.17. The molecular weight excluding hydrogens is 436 g/mol. The number of benzene rings is 1. The highest BCUT2D eigenvalue weighted by atomic mass is 35.5. The van der Waals surface area contributed by atoms with Crippen molar-refractivity contribution in [1.29, 1.82) is 0 Å². The third kappa shape index (κ3) is 4.74. The number of aromatic nitrogens is 1. The second-order valence-corrected chi connectivity index (χ2v) is 7.34. The molecule has 0 saturated heterocycles. The van der Waals surface area contributed by atoms with E-state index in [2.05, 4.69) is 4.98 Å². The fourth-order valence-corrected chi connectivity index (χ4v) is 3.40. The van der Waals surface area contributed by atoms with Gasteiger partial charge >= 0.3 is 5.92 Å². The first kappa shape index (κ1) is 22.8. The lowest BCUT2D eigenvalue weighted by atomic mass is 9.99. The Kier molecular flexibility index (Phi) is 6.40. The van der Waals surface area contributed by atoms with Gasteiger partial charge in [0, 0.05) is 34.9 Å². The number of amides is 1. The molecule has 1 aromatic carbocycles. The van der Waals surface area contributed by atoms with Crippen LogP contribution < -0.4 is 5.32 Å². The van der Waals surface area contributed by atoms with Crippen LogP contribution in [-0.2, 0) is 11.8 Å². The number of furan rings is 1. The van der Waals surface area contributed by atoms with Crippen LogP contribution >= 0.6 is 11.6 Å². The highest BCUT2D eigenvalue weighted by Gasteiger charge is 2.38. The Morgan fingerprint density at radius 1 is 1.16 bits per heavy atom. The summed E-state index contributed by atoms with van der Waals surface area (Å²) in [6.45, 7) is 1.82. The maximum Gasteiger partial charge on any atom is 0.308 e. The van der Waals surface area contributed by atoms with E-state index in [-0.39, 0.29) is 10.6 Å². The molecule has 0 atom stereocenters. The molecule has 3 aromatic rings. The van der Waals surface area contributed by atoms with Gasteiger partial charge in [-0.1, -0.05) is 36.7 Å². The molecule has 0 saturated carbocycles. The van der Waals surface area contributed by atoms with Gasteiger partial charge in [0.15, 0.2) is 0 Å². The first-order valence-corrected chi connectivity index (χ1v) is 9.78. The van der Waals surface area contributed by atoms with E-state index in [4.69, 9.17) is 16.0 Å². The lowest BCUT2D eigenvalue weighted by Crippen LogP contribution is -2.36. The number of halogens is 5. The van der Waals surface area contributed by atoms with Crippen molar-refractivity contribution >= 4 is 17.5 Å². The molecule has 0 aliphatic carbocycles. The molecule has 2 aromatic heterocycles. The minimum atomic E-state index is -3.63. The van der Waals surface area contributed by atoms with Crippen LogP contribution in [0.5, 0.6) is 0 Å². The molecule has 0 aliphatic rings. The van der Waals surface area contributed by atoms with E-state index in [0.717, 1.165) is 6.07 Å². The first-order valence-electron chi connectivity index (χ1n) is 9.40. The number of rotatable bonds is 7. The molecule has 0 fully saturated rings. The van der Waals surface area contributed by atoms with Crippen molar-refractivity contribution in [1.82, 2.24) is 10.3 Å². The van der Waals surface area contributed by atoms with Gasteiger partial charge < -0.3 is 9.73 Å². The van der Waals surface area contributed by atoms with E-state index >= 15 is 0 Å². The summed E-state index contributed by atoms with van der Waals surface area (Å²) in [4.78, 5) is 16.2. The molecule has 1 amide bonds. The predicted molar refractivity (Wildman–Crippen MR) is 109 cm³/mol. The van der Waals surface area contributed by atoms with Crippen LogP contribution in [0.4, 0.5) is 17.6 Å². The standard InChI is InChI=1S/C22H19ClF4N2O2/c1-3-21(24,25)17-7-5-4-6-16(17)20(30)29-12-22(26,27)19-18(23)10-14(11-28-19)15-8-9-31-13(15)2/h4-11H,3,12H2,1-2H3,(H,29,30). The van der Waals surface area contributed by atoms with Crippen molar-refractivity contribution in [3.63, 3.8) is 0 Å². The van der Waals surface area contributed by atoms with Gasteiger partial charge in [-0.3, -0.25) is 9.78 Å². The molecular formula is C22H19ClF4N2O2. The average molecular weight is 455 g/mol. The number of alkyl halides is 4. The number of aryl methyl sites for hydroxylation is 1. The molecule has 164 valence electrons. The van der Waals surface area contributed by atoms with Crippen molar-refractivity contribution in [3.8, 4) is 11.1 Å². The number of pyridine rings is 1. The Balaban J connectivity index is 1.79. The molecule has 3 rings (SSSR count). The Morgan fingerprint density at radius 2 is 1.87 bits per heavy atom. The maximum atomic E-state index is 14.7. The van der Waals surface area contributed by atoms with Gasteiger partial charge in [0.25, 0.3) is 11.8 Å². The fraction of sp³-hybridized carbons (Fsp3) is 0.273. The Morgan fingerprint density at radius 3 is 2.48 bits per heavy atom. The number of hydrogen-bond donors (Lipinski definition) is 1. The molecule has 1 N–H and O–H groups in total. The molecule has 0 bridgehead atoms. The van der Waals surface area contributed by atoms with Gasteiger partial charge in [0.1, 0.15) is 11.5 Å². The summed E-state index contributed by atoms with van der Waals surface area (Å²) in [6.07, 6.45) is 2.15. The summed E-state index contributed by atoms with van der Waals surface area (Å²) in [7, 11) is 0. The van der Waals surface area contributed by atoms with Crippen LogP contribution in [0.15, 0.2) is 53.3 Å². The summed E-state index contributed by atoms with van der Waals surface area (Å²) in [5, 5.41) is 1.72. The van der Waals surface area contributed by atoms with E-state index in [1.807, 2.05) is 5.32 Å². The minimum absolute atomic E-state index is 0.296. The van der Waals surface area contributed by atoms with Crippen LogP contribution in [0, 0.1) is 6.92 Å². The maximum absolute atomic E-state index is 14.7. The lowest BCUT2D eigenvalue weighted by molar-refractivity contribution is -0.0104. The highest BCUT2D eigenvalue weighted by Crippen LogP contribution is 2.36. The zero-order valence-corrected chi connectivity index (χ0v) is 17.4. The van der Waals surface area contributed by atoms with E-state index in [1.165, 1.54) is 43.6 Å². The van der Waals surface area contributed by atoms with E-state index < -0.39 is 42.0 Å². The van der Waals surface area contributed by atoms with Crippen LogP contribution in [0.25, 0.3) is 11.1 Å². The molecule has 0 unspecified atom stereocenters. The number of hydrogen-bond acceptors (Lipinski definition) is 3. The number of nitrogens with zero attached hydrogens (tertiary/aromatic N) is 1. The second kappa shape index (κ2) is 8.70. The first-order chi connectivity index (χ1) is 14.6. The van der Waals surface area contributed by atoms with Gasteiger partial charge in [-0.25, -0.2) is 8.78 Å². The summed E-state index contributed by atoms with van der Waals surface area (Å²) in [6, 6.07) is 8.00. The minimum Gasteiger partial charge on any atom is -0.469 e. The molecule has 0 aliphatic heterocycles. The molecule has 4 nitrogen and oxygen atoms in total. The van der Waals surface area contributed by atoms with Crippen molar-refractivity contribution in [2.45, 2.75) is 32.1 Å². The SMILES string of the molecule is CCC(F)(F)c1ccccc1C(=O)NCC(F)(F)c1ncc(-c2ccoc2C)cc1Cl. The summed E-state index contributed by atoms with van der Waals surface area (Å²) in [5.41, 5.74) is -0.461. The van der Waals surface area contributed by atoms with Crippen LogP contribution in [-0.4, -0.2) is 17.4 Å². The Bertz CT molecular complexity index is 1100. The number of carbonyl (C=O) groups excluding carboxylic acids is 1. The fourth-order valence-electron chi connectivity index (χ4n) is 3.10. The monoisotopic (exact) mass is 454 g/mol. The highest BCUT2D eigenvalue weighted by molar-refractivity contribution is 6.31. The van der Waals surface area contributed by atoms with Crippen molar-refractivity contribution in [2.75, 3.05) is 6.54 Å². The Hall–Kier alpha value is -2.87. The van der Waals surface area contributed by atoms with Crippen molar-refractivity contribution < 1.29 is 26.8 Å². The van der Waals surface area contributed by atoms with E-state index in [1.54, 1.807) is 13.0 Å². The molecule has 9 heteroatoms. The molecule has 0 radical (unpaired) electrons. The molecule has 2 heterocycles. The molecule has 31 heavy (non-hydrogen) atoms. The van der Waals surface area contributed by atoms with E-state index in [0.29, 0.717) is 16.9 Å². The normalized spacial score (nSPS) is 12.1. The van der Waals surface area contributed by atoms with Crippen LogP contribution in [0.3, 0.4) is 0 Å². The van der Waals surface area contributed by atoms with Gasteiger partial charge in [-0.15, -0.1) is 0 Å². The summed E-state index contributed by atoms with van der Waals surface area (Å²) in [5.74, 6) is -7.35. The number of carbonyl (C=O) groups is 1. The van der Waals surface area contributed by atoms with Crippen LogP contribution in [0.2, 0.25) is 5.02 Å². The van der Waals surface area contributed by atoms with Gasteiger partial charge in [0.05, 0.1) is 17.8 Å². The zero-order valence-electron chi connectivity index (χ0n) is 16.7. The van der Waals surface area contributed by atoms with Gasteiger partial charge in [-0.05, 0) is 25.1 Å². The lowest BCUT2D eigenvalue weighted by Gasteiger charge is -2.20. The van der Waals surface area contributed by atoms with E-state index in [9.17, 15) is 22.4 Å². The topological polar surface area (TPSA) is 55.1 Å². The molecule has 0 spiro atoms. The Labute approximate surface area is 181 Å².